The van der Waals surface area contributed by atoms with Crippen LogP contribution in [-0.2, 0) is 6.42 Å². The molecular formula is C15H22BrNS. The zero-order chi connectivity index (χ0) is 12.8. The van der Waals surface area contributed by atoms with Crippen LogP contribution in [-0.4, -0.2) is 24.1 Å². The minimum absolute atomic E-state index is 0.638. The first kappa shape index (κ1) is 14.4. The van der Waals surface area contributed by atoms with E-state index in [1.54, 1.807) is 0 Å². The van der Waals surface area contributed by atoms with Gasteiger partial charge in [-0.15, -0.1) is 0 Å². The highest BCUT2D eigenvalue weighted by atomic mass is 79.9. The summed E-state index contributed by atoms with van der Waals surface area (Å²) in [6, 6.07) is 9.26. The molecule has 0 amide bonds. The summed E-state index contributed by atoms with van der Waals surface area (Å²) in [6.45, 7) is 3.38. The molecule has 1 aliphatic rings. The van der Waals surface area contributed by atoms with E-state index in [9.17, 15) is 0 Å². The lowest BCUT2D eigenvalue weighted by Gasteiger charge is -2.25. The Bertz CT molecular complexity index is 363. The predicted octanol–water partition coefficient (Wildman–Crippen LogP) is 4.11. The number of thioether (sulfide) groups is 1. The Morgan fingerprint density at radius 2 is 2.28 bits per heavy atom. The van der Waals surface area contributed by atoms with Crippen molar-refractivity contribution in [2.45, 2.75) is 32.2 Å². The molecule has 1 heterocycles. The van der Waals surface area contributed by atoms with Crippen LogP contribution in [0, 0.1) is 5.92 Å². The Labute approximate surface area is 123 Å². The molecule has 100 valence electrons. The maximum atomic E-state index is 3.75. The van der Waals surface area contributed by atoms with E-state index in [1.165, 1.54) is 34.4 Å². The molecule has 2 atom stereocenters. The number of hydrogen-bond donors (Lipinski definition) is 1. The maximum Gasteiger partial charge on any atom is 0.0207 e. The predicted molar refractivity (Wildman–Crippen MR) is 85.4 cm³/mol. The zero-order valence-corrected chi connectivity index (χ0v) is 13.4. The number of nitrogens with one attached hydrogen (secondary N) is 1. The Morgan fingerprint density at radius 3 is 2.94 bits per heavy atom. The highest BCUT2D eigenvalue weighted by Gasteiger charge is 2.25. The molecule has 1 aliphatic heterocycles. The van der Waals surface area contributed by atoms with E-state index in [1.807, 2.05) is 0 Å². The number of benzene rings is 1. The molecule has 3 heteroatoms. The van der Waals surface area contributed by atoms with E-state index in [0.717, 1.165) is 18.9 Å². The van der Waals surface area contributed by atoms with Crippen molar-refractivity contribution in [1.29, 1.82) is 0 Å². The van der Waals surface area contributed by atoms with E-state index in [2.05, 4.69) is 64.2 Å². The Kier molecular flexibility index (Phi) is 6.06. The van der Waals surface area contributed by atoms with Crippen LogP contribution in [0.25, 0.3) is 0 Å². The van der Waals surface area contributed by atoms with Gasteiger partial charge in [-0.25, -0.2) is 0 Å². The van der Waals surface area contributed by atoms with Crippen LogP contribution in [0.4, 0.5) is 0 Å². The molecule has 2 rings (SSSR count). The first-order valence-electron chi connectivity index (χ1n) is 6.85. The fraction of sp³-hybridized carbons (Fsp3) is 0.600. The van der Waals surface area contributed by atoms with Crippen molar-refractivity contribution in [3.8, 4) is 0 Å². The summed E-state index contributed by atoms with van der Waals surface area (Å²) in [5, 5.41) is 3.75. The summed E-state index contributed by atoms with van der Waals surface area (Å²) in [4.78, 5) is 0. The van der Waals surface area contributed by atoms with Gasteiger partial charge in [-0.3, -0.25) is 0 Å². The van der Waals surface area contributed by atoms with Gasteiger partial charge in [0.2, 0.25) is 0 Å². The van der Waals surface area contributed by atoms with Crippen molar-refractivity contribution in [1.82, 2.24) is 5.32 Å². The molecule has 1 nitrogen and oxygen atoms in total. The van der Waals surface area contributed by atoms with Crippen LogP contribution < -0.4 is 5.32 Å². The molecule has 0 spiro atoms. The average molecular weight is 328 g/mol. The lowest BCUT2D eigenvalue weighted by atomic mass is 9.93. The monoisotopic (exact) mass is 327 g/mol. The summed E-state index contributed by atoms with van der Waals surface area (Å²) in [5.74, 6) is 3.50. The van der Waals surface area contributed by atoms with Crippen LogP contribution in [0.3, 0.4) is 0 Å². The maximum absolute atomic E-state index is 3.75. The van der Waals surface area contributed by atoms with Crippen molar-refractivity contribution >= 4 is 27.7 Å². The zero-order valence-electron chi connectivity index (χ0n) is 11.0. The molecule has 0 aliphatic carbocycles. The molecule has 18 heavy (non-hydrogen) atoms. The van der Waals surface area contributed by atoms with Gasteiger partial charge in [0.25, 0.3) is 0 Å². The SMILES string of the molecule is CCCNC(Cc1ccccc1Br)C1CCSC1. The smallest absolute Gasteiger partial charge is 0.0207 e. The molecule has 0 bridgehead atoms. The van der Waals surface area contributed by atoms with E-state index >= 15 is 0 Å². The topological polar surface area (TPSA) is 12.0 Å². The van der Waals surface area contributed by atoms with E-state index in [0.29, 0.717) is 6.04 Å². The lowest BCUT2D eigenvalue weighted by molar-refractivity contribution is 0.380. The summed E-state index contributed by atoms with van der Waals surface area (Å²) in [7, 11) is 0. The molecule has 0 radical (unpaired) electrons. The molecule has 2 unspecified atom stereocenters. The third kappa shape index (κ3) is 4.01. The Hall–Kier alpha value is 0.01000. The van der Waals surface area contributed by atoms with Gasteiger partial charge < -0.3 is 5.32 Å². The van der Waals surface area contributed by atoms with E-state index in [4.69, 9.17) is 0 Å². The fourth-order valence-corrected chi connectivity index (χ4v) is 4.29. The van der Waals surface area contributed by atoms with Gasteiger partial charge in [-0.2, -0.15) is 11.8 Å². The number of halogens is 1. The fourth-order valence-electron chi connectivity index (χ4n) is 2.51. The van der Waals surface area contributed by atoms with Gasteiger partial charge in [-0.1, -0.05) is 41.1 Å². The van der Waals surface area contributed by atoms with Gasteiger partial charge in [-0.05, 0) is 54.9 Å². The quantitative estimate of drug-likeness (QED) is 0.843. The largest absolute Gasteiger partial charge is 0.313 e. The molecule has 1 saturated heterocycles. The second-order valence-corrected chi connectivity index (χ2v) is 6.98. The van der Waals surface area contributed by atoms with Crippen molar-refractivity contribution in [3.05, 3.63) is 34.3 Å². The highest BCUT2D eigenvalue weighted by molar-refractivity contribution is 9.10. The summed E-state index contributed by atoms with van der Waals surface area (Å²) < 4.78 is 1.25. The Morgan fingerprint density at radius 1 is 1.44 bits per heavy atom. The van der Waals surface area contributed by atoms with Gasteiger partial charge in [0, 0.05) is 10.5 Å². The molecule has 1 fully saturated rings. The van der Waals surface area contributed by atoms with Gasteiger partial charge >= 0.3 is 0 Å². The lowest BCUT2D eigenvalue weighted by Crippen LogP contribution is -2.38. The van der Waals surface area contributed by atoms with Crippen molar-refractivity contribution in [3.63, 3.8) is 0 Å². The van der Waals surface area contributed by atoms with Crippen LogP contribution in [0.15, 0.2) is 28.7 Å². The van der Waals surface area contributed by atoms with Crippen molar-refractivity contribution in [2.24, 2.45) is 5.92 Å². The molecule has 1 aromatic carbocycles. The van der Waals surface area contributed by atoms with Crippen molar-refractivity contribution in [2.75, 3.05) is 18.1 Å². The minimum atomic E-state index is 0.638. The van der Waals surface area contributed by atoms with Gasteiger partial charge in [0.1, 0.15) is 0 Å². The van der Waals surface area contributed by atoms with E-state index in [-0.39, 0.29) is 0 Å². The second-order valence-electron chi connectivity index (χ2n) is 4.98. The van der Waals surface area contributed by atoms with Crippen LogP contribution in [0.2, 0.25) is 0 Å². The molecule has 0 aromatic heterocycles. The first-order chi connectivity index (χ1) is 8.81. The van der Waals surface area contributed by atoms with Gasteiger partial charge in [0.15, 0.2) is 0 Å². The summed E-state index contributed by atoms with van der Waals surface area (Å²) in [6.07, 6.45) is 3.73. The molecular weight excluding hydrogens is 306 g/mol. The summed E-state index contributed by atoms with van der Waals surface area (Å²) in [5.41, 5.74) is 1.43. The molecule has 1 N–H and O–H groups in total. The van der Waals surface area contributed by atoms with Crippen LogP contribution in [0.1, 0.15) is 25.3 Å². The highest BCUT2D eigenvalue weighted by Crippen LogP contribution is 2.29. The van der Waals surface area contributed by atoms with Gasteiger partial charge in [0.05, 0.1) is 0 Å². The van der Waals surface area contributed by atoms with Crippen molar-refractivity contribution < 1.29 is 0 Å². The van der Waals surface area contributed by atoms with E-state index < -0.39 is 0 Å². The standard InChI is InChI=1S/C15H22BrNS/c1-2-8-17-15(13-7-9-18-11-13)10-12-5-3-4-6-14(12)16/h3-6,13,15,17H,2,7-11H2,1H3. The third-order valence-corrected chi connectivity index (χ3v) is 5.55. The normalized spacial score (nSPS) is 21.1. The molecule has 0 saturated carbocycles. The number of hydrogen-bond acceptors (Lipinski definition) is 2. The first-order valence-corrected chi connectivity index (χ1v) is 8.80. The van der Waals surface area contributed by atoms with Crippen LogP contribution >= 0.6 is 27.7 Å². The second kappa shape index (κ2) is 7.56. The minimum Gasteiger partial charge on any atom is -0.313 e. The number of rotatable bonds is 6. The average Bonchev–Trinajstić information content (AvgIpc) is 2.90. The Balaban J connectivity index is 2.02. The summed E-state index contributed by atoms with van der Waals surface area (Å²) >= 11 is 5.78. The third-order valence-electron chi connectivity index (χ3n) is 3.59. The van der Waals surface area contributed by atoms with Crippen LogP contribution in [0.5, 0.6) is 0 Å². The molecule has 1 aromatic rings.